The number of benzene rings is 1. The van der Waals surface area contributed by atoms with Crippen LogP contribution in [-0.2, 0) is 10.0 Å². The lowest BCUT2D eigenvalue weighted by atomic mass is 10.3. The van der Waals surface area contributed by atoms with Crippen molar-refractivity contribution < 1.29 is 17.5 Å². The number of ether oxygens (including phenoxy) is 1. The minimum atomic E-state index is -3.87. The summed E-state index contributed by atoms with van der Waals surface area (Å²) in [5, 5.41) is 2.76. The van der Waals surface area contributed by atoms with Crippen LogP contribution in [0.1, 0.15) is 0 Å². The standard InChI is InChI=1S/C13H14FN3O3S/c1-15-11-5-6-16-8-13(11)21(18,19)17-9-3-4-12(20-2)10(14)7-9/h3-8,17H,1-2H3,(H,15,16). The summed E-state index contributed by atoms with van der Waals surface area (Å²) >= 11 is 0. The summed E-state index contributed by atoms with van der Waals surface area (Å²) in [5.41, 5.74) is 0.491. The number of anilines is 2. The molecular weight excluding hydrogens is 297 g/mol. The maximum Gasteiger partial charge on any atom is 0.265 e. The number of methoxy groups -OCH3 is 1. The molecule has 8 heteroatoms. The van der Waals surface area contributed by atoms with Crippen LogP contribution in [0.15, 0.2) is 41.6 Å². The Bertz CT molecular complexity index is 750. The van der Waals surface area contributed by atoms with Crippen LogP contribution in [0.25, 0.3) is 0 Å². The van der Waals surface area contributed by atoms with E-state index in [0.29, 0.717) is 5.69 Å². The van der Waals surface area contributed by atoms with Gasteiger partial charge in [0.15, 0.2) is 11.6 Å². The molecule has 0 fully saturated rings. The van der Waals surface area contributed by atoms with E-state index in [9.17, 15) is 12.8 Å². The van der Waals surface area contributed by atoms with Crippen molar-refractivity contribution >= 4 is 21.4 Å². The Hall–Kier alpha value is -2.35. The molecule has 0 saturated heterocycles. The first-order valence-corrected chi connectivity index (χ1v) is 7.44. The predicted octanol–water partition coefficient (Wildman–Crippen LogP) is 2.07. The van der Waals surface area contributed by atoms with Crippen molar-refractivity contribution in [1.82, 2.24) is 4.98 Å². The Morgan fingerprint density at radius 2 is 2.05 bits per heavy atom. The lowest BCUT2D eigenvalue weighted by molar-refractivity contribution is 0.386. The molecule has 1 aromatic carbocycles. The first-order chi connectivity index (χ1) is 9.97. The summed E-state index contributed by atoms with van der Waals surface area (Å²) in [4.78, 5) is 3.77. The Kier molecular flexibility index (Phi) is 4.27. The van der Waals surface area contributed by atoms with Crippen LogP contribution in [0.2, 0.25) is 0 Å². The molecule has 0 aliphatic carbocycles. The van der Waals surface area contributed by atoms with Crippen molar-refractivity contribution in [2.24, 2.45) is 0 Å². The van der Waals surface area contributed by atoms with Gasteiger partial charge < -0.3 is 10.1 Å². The molecule has 0 bridgehead atoms. The van der Waals surface area contributed by atoms with E-state index >= 15 is 0 Å². The van der Waals surface area contributed by atoms with Gasteiger partial charge in [-0.15, -0.1) is 0 Å². The highest BCUT2D eigenvalue weighted by Crippen LogP contribution is 2.25. The van der Waals surface area contributed by atoms with Gasteiger partial charge in [0.25, 0.3) is 10.0 Å². The van der Waals surface area contributed by atoms with Crippen molar-refractivity contribution in [3.8, 4) is 5.75 Å². The zero-order valence-corrected chi connectivity index (χ0v) is 12.2. The summed E-state index contributed by atoms with van der Waals surface area (Å²) in [7, 11) is -0.946. The lowest BCUT2D eigenvalue weighted by Crippen LogP contribution is -2.15. The average molecular weight is 311 g/mol. The SMILES string of the molecule is CNc1ccncc1S(=O)(=O)Nc1ccc(OC)c(F)c1. The van der Waals surface area contributed by atoms with Crippen LogP contribution in [0.3, 0.4) is 0 Å². The van der Waals surface area contributed by atoms with E-state index in [-0.39, 0.29) is 16.3 Å². The number of halogens is 1. The van der Waals surface area contributed by atoms with Crippen molar-refractivity contribution in [3.63, 3.8) is 0 Å². The van der Waals surface area contributed by atoms with E-state index in [2.05, 4.69) is 15.0 Å². The van der Waals surface area contributed by atoms with Crippen LogP contribution in [0, 0.1) is 5.82 Å². The average Bonchev–Trinajstić information content (AvgIpc) is 2.47. The maximum absolute atomic E-state index is 13.6. The van der Waals surface area contributed by atoms with Gasteiger partial charge in [-0.05, 0) is 18.2 Å². The largest absolute Gasteiger partial charge is 0.494 e. The van der Waals surface area contributed by atoms with E-state index in [4.69, 9.17) is 4.74 Å². The number of nitrogens with one attached hydrogen (secondary N) is 2. The molecule has 0 aliphatic rings. The normalized spacial score (nSPS) is 11.0. The Balaban J connectivity index is 2.35. The minimum absolute atomic E-state index is 0.0243. The van der Waals surface area contributed by atoms with Gasteiger partial charge in [0.05, 0.1) is 18.5 Å². The Morgan fingerprint density at radius 3 is 2.67 bits per heavy atom. The third-order valence-electron chi connectivity index (χ3n) is 2.75. The van der Waals surface area contributed by atoms with Gasteiger partial charge in [0, 0.05) is 25.5 Å². The van der Waals surface area contributed by atoms with Gasteiger partial charge in [-0.25, -0.2) is 12.8 Å². The van der Waals surface area contributed by atoms with E-state index in [1.165, 1.54) is 37.7 Å². The van der Waals surface area contributed by atoms with Gasteiger partial charge >= 0.3 is 0 Å². The minimum Gasteiger partial charge on any atom is -0.494 e. The third-order valence-corrected chi connectivity index (χ3v) is 4.16. The molecule has 21 heavy (non-hydrogen) atoms. The topological polar surface area (TPSA) is 80.3 Å². The number of hydrogen-bond acceptors (Lipinski definition) is 5. The highest BCUT2D eigenvalue weighted by Gasteiger charge is 2.19. The van der Waals surface area contributed by atoms with Gasteiger partial charge in [0.2, 0.25) is 0 Å². The molecule has 0 unspecified atom stereocenters. The molecule has 2 aromatic rings. The van der Waals surface area contributed by atoms with E-state index in [1.807, 2.05) is 0 Å². The van der Waals surface area contributed by atoms with Crippen molar-refractivity contribution in [3.05, 3.63) is 42.5 Å². The molecule has 1 heterocycles. The summed E-state index contributed by atoms with van der Waals surface area (Å²) in [6.45, 7) is 0. The molecule has 6 nitrogen and oxygen atoms in total. The fourth-order valence-corrected chi connectivity index (χ4v) is 2.95. The molecule has 0 saturated carbocycles. The smallest absolute Gasteiger partial charge is 0.265 e. The highest BCUT2D eigenvalue weighted by atomic mass is 32.2. The number of sulfonamides is 1. The molecule has 0 atom stereocenters. The summed E-state index contributed by atoms with van der Waals surface area (Å²) in [6.07, 6.45) is 2.69. The number of rotatable bonds is 5. The summed E-state index contributed by atoms with van der Waals surface area (Å²) in [5.74, 6) is -0.618. The fraction of sp³-hybridized carbons (Fsp3) is 0.154. The van der Waals surface area contributed by atoms with Crippen molar-refractivity contribution in [1.29, 1.82) is 0 Å². The van der Waals surface area contributed by atoms with Gasteiger partial charge in [-0.1, -0.05) is 0 Å². The van der Waals surface area contributed by atoms with Crippen molar-refractivity contribution in [2.75, 3.05) is 24.2 Å². The Morgan fingerprint density at radius 1 is 1.29 bits per heavy atom. The number of pyridine rings is 1. The molecule has 0 spiro atoms. The van der Waals surface area contributed by atoms with Crippen LogP contribution < -0.4 is 14.8 Å². The van der Waals surface area contributed by atoms with Crippen LogP contribution in [0.4, 0.5) is 15.8 Å². The molecule has 0 aliphatic heterocycles. The third kappa shape index (κ3) is 3.22. The number of nitrogens with zero attached hydrogens (tertiary/aromatic N) is 1. The zero-order valence-electron chi connectivity index (χ0n) is 11.4. The molecule has 2 rings (SSSR count). The van der Waals surface area contributed by atoms with Gasteiger partial charge in [0.1, 0.15) is 4.90 Å². The molecule has 0 amide bonds. The first kappa shape index (κ1) is 15.0. The quantitative estimate of drug-likeness (QED) is 0.883. The molecule has 1 aromatic heterocycles. The van der Waals surface area contributed by atoms with Crippen LogP contribution in [-0.4, -0.2) is 27.6 Å². The lowest BCUT2D eigenvalue weighted by Gasteiger charge is -2.12. The van der Waals surface area contributed by atoms with E-state index < -0.39 is 15.8 Å². The molecule has 112 valence electrons. The Labute approximate surface area is 122 Å². The predicted molar refractivity (Wildman–Crippen MR) is 77.5 cm³/mol. The molecule has 2 N–H and O–H groups in total. The monoisotopic (exact) mass is 311 g/mol. The van der Waals surface area contributed by atoms with Crippen LogP contribution >= 0.6 is 0 Å². The zero-order chi connectivity index (χ0) is 15.5. The summed E-state index contributed by atoms with van der Waals surface area (Å²) in [6, 6.07) is 5.33. The highest BCUT2D eigenvalue weighted by molar-refractivity contribution is 7.92. The van der Waals surface area contributed by atoms with Gasteiger partial charge in [-0.3, -0.25) is 9.71 Å². The van der Waals surface area contributed by atoms with Gasteiger partial charge in [-0.2, -0.15) is 0 Å². The van der Waals surface area contributed by atoms with Crippen LogP contribution in [0.5, 0.6) is 5.75 Å². The second kappa shape index (κ2) is 5.96. The number of aromatic nitrogens is 1. The van der Waals surface area contributed by atoms with Crippen molar-refractivity contribution in [2.45, 2.75) is 4.90 Å². The number of hydrogen-bond donors (Lipinski definition) is 2. The molecule has 0 radical (unpaired) electrons. The van der Waals surface area contributed by atoms with E-state index in [0.717, 1.165) is 6.07 Å². The van der Waals surface area contributed by atoms with E-state index in [1.54, 1.807) is 7.05 Å². The second-order valence-electron chi connectivity index (χ2n) is 4.08. The first-order valence-electron chi connectivity index (χ1n) is 5.96. The second-order valence-corrected chi connectivity index (χ2v) is 5.73. The summed E-state index contributed by atoms with van der Waals surface area (Å²) < 4.78 is 45.3. The fourth-order valence-electron chi connectivity index (χ4n) is 1.74. The molecular formula is C13H14FN3O3S. The maximum atomic E-state index is 13.6.